The second-order valence-corrected chi connectivity index (χ2v) is 7.61. The zero-order valence-corrected chi connectivity index (χ0v) is 17.7. The molecule has 162 valence electrons. The van der Waals surface area contributed by atoms with Crippen LogP contribution in [0.25, 0.3) is 10.8 Å². The molecule has 0 aliphatic carbocycles. The van der Waals surface area contributed by atoms with E-state index in [2.05, 4.69) is 10.2 Å². The van der Waals surface area contributed by atoms with Gasteiger partial charge >= 0.3 is 0 Å². The average Bonchev–Trinajstić information content (AvgIpc) is 2.80. The normalized spacial score (nSPS) is 14.5. The molecule has 1 N–H and O–H groups in total. The lowest BCUT2D eigenvalue weighted by Gasteiger charge is -2.26. The Balaban J connectivity index is 1.47. The van der Waals surface area contributed by atoms with Gasteiger partial charge in [-0.2, -0.15) is 0 Å². The predicted molar refractivity (Wildman–Crippen MR) is 121 cm³/mol. The van der Waals surface area contributed by atoms with Crippen LogP contribution in [0, 0.1) is 0 Å². The fourth-order valence-corrected chi connectivity index (χ4v) is 3.80. The smallest absolute Gasteiger partial charge is 0.258 e. The molecule has 0 unspecified atom stereocenters. The van der Waals surface area contributed by atoms with E-state index in [0.29, 0.717) is 17.6 Å². The van der Waals surface area contributed by atoms with Gasteiger partial charge in [-0.15, -0.1) is 0 Å². The number of anilines is 1. The number of pyridine rings is 1. The quantitative estimate of drug-likeness (QED) is 0.635. The number of nitrogens with one attached hydrogen (secondary N) is 1. The zero-order chi connectivity index (χ0) is 21.6. The van der Waals surface area contributed by atoms with E-state index in [1.54, 1.807) is 17.7 Å². The predicted octanol–water partition coefficient (Wildman–Crippen LogP) is 2.52. The molecule has 1 aliphatic rings. The number of morpholine rings is 1. The number of amides is 1. The summed E-state index contributed by atoms with van der Waals surface area (Å²) in [7, 11) is 1.61. The minimum atomic E-state index is -0.130. The Morgan fingerprint density at radius 3 is 2.55 bits per heavy atom. The minimum Gasteiger partial charge on any atom is -0.497 e. The molecule has 3 aromatic rings. The number of hydrogen-bond donors (Lipinski definition) is 1. The van der Waals surface area contributed by atoms with Gasteiger partial charge in [0.25, 0.3) is 5.56 Å². The number of fused-ring (bicyclic) bond motifs is 1. The van der Waals surface area contributed by atoms with Gasteiger partial charge in [0.2, 0.25) is 5.91 Å². The highest BCUT2D eigenvalue weighted by atomic mass is 16.5. The van der Waals surface area contributed by atoms with Gasteiger partial charge in [-0.25, -0.2) is 0 Å². The third-order valence-electron chi connectivity index (χ3n) is 5.58. The summed E-state index contributed by atoms with van der Waals surface area (Å²) < 4.78 is 12.3. The van der Waals surface area contributed by atoms with Crippen molar-refractivity contribution >= 4 is 22.4 Å². The second kappa shape index (κ2) is 9.76. The number of rotatable bonds is 7. The van der Waals surface area contributed by atoms with E-state index >= 15 is 0 Å². The van der Waals surface area contributed by atoms with Gasteiger partial charge in [0, 0.05) is 48.8 Å². The van der Waals surface area contributed by atoms with E-state index < -0.39 is 0 Å². The number of carbonyl (C=O) groups is 1. The minimum absolute atomic E-state index is 0.0444. The molecular formula is C24H27N3O4. The number of methoxy groups -OCH3 is 1. The molecule has 1 saturated heterocycles. The largest absolute Gasteiger partial charge is 0.497 e. The molecule has 2 heterocycles. The van der Waals surface area contributed by atoms with Crippen molar-refractivity contribution in [1.29, 1.82) is 0 Å². The van der Waals surface area contributed by atoms with Crippen molar-refractivity contribution in [1.82, 2.24) is 9.47 Å². The van der Waals surface area contributed by atoms with E-state index in [4.69, 9.17) is 9.47 Å². The van der Waals surface area contributed by atoms with Gasteiger partial charge < -0.3 is 19.4 Å². The van der Waals surface area contributed by atoms with E-state index in [1.807, 2.05) is 48.7 Å². The first-order valence-corrected chi connectivity index (χ1v) is 10.5. The monoisotopic (exact) mass is 421 g/mol. The zero-order valence-electron chi connectivity index (χ0n) is 17.7. The molecule has 1 fully saturated rings. The van der Waals surface area contributed by atoms with E-state index in [0.717, 1.165) is 49.5 Å². The number of nitrogens with zero attached hydrogens (tertiary/aromatic N) is 2. The Labute approximate surface area is 181 Å². The van der Waals surface area contributed by atoms with Crippen LogP contribution in [0.15, 0.2) is 59.5 Å². The van der Waals surface area contributed by atoms with Gasteiger partial charge in [-0.05, 0) is 35.9 Å². The lowest BCUT2D eigenvalue weighted by Crippen LogP contribution is -2.39. The van der Waals surface area contributed by atoms with Crippen LogP contribution < -0.4 is 15.6 Å². The summed E-state index contributed by atoms with van der Waals surface area (Å²) in [4.78, 5) is 27.9. The number of hydrogen-bond acceptors (Lipinski definition) is 5. The molecule has 4 rings (SSSR count). The van der Waals surface area contributed by atoms with Gasteiger partial charge in [0.05, 0.1) is 26.7 Å². The molecule has 0 spiro atoms. The summed E-state index contributed by atoms with van der Waals surface area (Å²) >= 11 is 0. The summed E-state index contributed by atoms with van der Waals surface area (Å²) in [5.74, 6) is 0.622. The molecular weight excluding hydrogens is 394 g/mol. The maximum Gasteiger partial charge on any atom is 0.258 e. The topological polar surface area (TPSA) is 72.8 Å². The first-order valence-electron chi connectivity index (χ1n) is 10.5. The maximum atomic E-state index is 13.0. The first-order chi connectivity index (χ1) is 15.1. The van der Waals surface area contributed by atoms with Crippen LogP contribution in [0.1, 0.15) is 5.56 Å². The molecule has 0 bridgehead atoms. The average molecular weight is 421 g/mol. The fourth-order valence-electron chi connectivity index (χ4n) is 3.80. The lowest BCUT2D eigenvalue weighted by molar-refractivity contribution is -0.115. The lowest BCUT2D eigenvalue weighted by atomic mass is 10.1. The van der Waals surface area contributed by atoms with Gasteiger partial charge in [0.15, 0.2) is 0 Å². The molecule has 7 nitrogen and oxygen atoms in total. The summed E-state index contributed by atoms with van der Waals surface area (Å²) in [6.07, 6.45) is 2.06. The van der Waals surface area contributed by atoms with Crippen molar-refractivity contribution in [2.75, 3.05) is 45.3 Å². The van der Waals surface area contributed by atoms with Crippen LogP contribution in [-0.2, 0) is 22.5 Å². The van der Waals surface area contributed by atoms with Crippen molar-refractivity contribution in [2.24, 2.45) is 0 Å². The fraction of sp³-hybridized carbons (Fsp3) is 0.333. The highest BCUT2D eigenvalue weighted by molar-refractivity contribution is 6.02. The van der Waals surface area contributed by atoms with Crippen LogP contribution in [0.3, 0.4) is 0 Å². The maximum absolute atomic E-state index is 13.0. The first kappa shape index (κ1) is 21.1. The Kier molecular flexibility index (Phi) is 6.64. The SMILES string of the molecule is COc1ccc(CC(=O)Nc2cccc3c(=O)n(CCN4CCOCC4)ccc23)cc1. The molecule has 0 saturated carbocycles. The Bertz CT molecular complexity index is 1100. The summed E-state index contributed by atoms with van der Waals surface area (Å²) in [5.41, 5.74) is 1.49. The van der Waals surface area contributed by atoms with Crippen molar-refractivity contribution < 1.29 is 14.3 Å². The van der Waals surface area contributed by atoms with Crippen LogP contribution in [0.4, 0.5) is 5.69 Å². The van der Waals surface area contributed by atoms with Gasteiger partial charge in [-0.3, -0.25) is 14.5 Å². The third kappa shape index (κ3) is 5.13. The molecule has 1 amide bonds. The van der Waals surface area contributed by atoms with Gasteiger partial charge in [0.1, 0.15) is 5.75 Å². The van der Waals surface area contributed by atoms with E-state index in [-0.39, 0.29) is 17.9 Å². The molecule has 7 heteroatoms. The van der Waals surface area contributed by atoms with Crippen molar-refractivity contribution in [2.45, 2.75) is 13.0 Å². The van der Waals surface area contributed by atoms with E-state index in [1.165, 1.54) is 0 Å². The van der Waals surface area contributed by atoms with Crippen LogP contribution in [0.2, 0.25) is 0 Å². The van der Waals surface area contributed by atoms with E-state index in [9.17, 15) is 9.59 Å². The second-order valence-electron chi connectivity index (χ2n) is 7.61. The van der Waals surface area contributed by atoms with Crippen LogP contribution in [0.5, 0.6) is 5.75 Å². The molecule has 2 aromatic carbocycles. The Morgan fingerprint density at radius 1 is 1.03 bits per heavy atom. The van der Waals surface area contributed by atoms with Crippen molar-refractivity contribution in [3.63, 3.8) is 0 Å². The number of aromatic nitrogens is 1. The summed E-state index contributed by atoms with van der Waals surface area (Å²) in [6.45, 7) is 4.72. The molecule has 0 atom stereocenters. The molecule has 31 heavy (non-hydrogen) atoms. The highest BCUT2D eigenvalue weighted by Gasteiger charge is 2.13. The number of benzene rings is 2. The molecule has 0 radical (unpaired) electrons. The standard InChI is InChI=1S/C24H27N3O4/c1-30-19-7-5-18(6-8-19)17-23(28)25-22-4-2-3-21-20(22)9-10-27(24(21)29)12-11-26-13-15-31-16-14-26/h2-10H,11-17H2,1H3,(H,25,28). The van der Waals surface area contributed by atoms with Gasteiger partial charge in [-0.1, -0.05) is 18.2 Å². The summed E-state index contributed by atoms with van der Waals surface area (Å²) in [6, 6.07) is 14.7. The Hall–Kier alpha value is -3.16. The van der Waals surface area contributed by atoms with Crippen molar-refractivity contribution in [3.8, 4) is 5.75 Å². The van der Waals surface area contributed by atoms with Crippen molar-refractivity contribution in [3.05, 3.63) is 70.6 Å². The van der Waals surface area contributed by atoms with Crippen LogP contribution in [-0.4, -0.2) is 55.3 Å². The van der Waals surface area contributed by atoms with Crippen LogP contribution >= 0.6 is 0 Å². The third-order valence-corrected chi connectivity index (χ3v) is 5.58. The number of carbonyl (C=O) groups excluding carboxylic acids is 1. The number of ether oxygens (including phenoxy) is 2. The highest BCUT2D eigenvalue weighted by Crippen LogP contribution is 2.21. The molecule has 1 aliphatic heterocycles. The molecule has 1 aromatic heterocycles. The summed E-state index contributed by atoms with van der Waals surface area (Å²) in [5, 5.41) is 4.30. The Morgan fingerprint density at radius 2 is 1.81 bits per heavy atom.